The van der Waals surface area contributed by atoms with Crippen LogP contribution in [0.2, 0.25) is 0 Å². The van der Waals surface area contributed by atoms with Crippen LogP contribution in [-0.4, -0.2) is 234 Å². The normalized spacial score (nSPS) is 15.4. The van der Waals surface area contributed by atoms with Crippen LogP contribution in [0.25, 0.3) is 10.9 Å². The van der Waals surface area contributed by atoms with Crippen LogP contribution in [0.1, 0.15) is 149 Å². The summed E-state index contributed by atoms with van der Waals surface area (Å²) in [5.41, 5.74) is 25.4. The van der Waals surface area contributed by atoms with E-state index in [1.54, 1.807) is 72.0 Å². The Morgan fingerprint density at radius 2 is 0.903 bits per heavy atom. The third kappa shape index (κ3) is 31.8. The van der Waals surface area contributed by atoms with E-state index >= 15 is 0 Å². The minimum atomic E-state index is -1.83. The van der Waals surface area contributed by atoms with Crippen molar-refractivity contribution in [3.63, 3.8) is 0 Å². The van der Waals surface area contributed by atoms with E-state index in [2.05, 4.69) is 78.8 Å². The second-order valence-electron chi connectivity index (χ2n) is 28.9. The number of nitrogens with two attached hydrogens (primary N) is 4. The van der Waals surface area contributed by atoms with Gasteiger partial charge < -0.3 is 122 Å². The van der Waals surface area contributed by atoms with Crippen molar-refractivity contribution < 1.29 is 92.7 Å². The number of aliphatic hydroxyl groups excluding tert-OH is 2. The average Bonchev–Trinajstić information content (AvgIpc) is 1.76. The Morgan fingerprint density at radius 1 is 0.460 bits per heavy atom. The van der Waals surface area contributed by atoms with Crippen molar-refractivity contribution in [3.8, 4) is 5.75 Å². The predicted molar refractivity (Wildman–Crippen MR) is 414 cm³/mol. The minimum Gasteiger partial charge on any atom is -0.508 e. The quantitative estimate of drug-likeness (QED) is 0.0194. The molecule has 0 fully saturated rings. The number of carbonyl (C=O) groups is 14. The van der Waals surface area contributed by atoms with Gasteiger partial charge in [0.05, 0.1) is 31.1 Å². The molecule has 113 heavy (non-hydrogen) atoms. The Kier molecular flexibility index (Phi) is 40.5. The summed E-state index contributed by atoms with van der Waals surface area (Å²) in [6, 6.07) is -5.22. The highest BCUT2D eigenvalue weighted by Gasteiger charge is 2.39. The van der Waals surface area contributed by atoms with Crippen LogP contribution in [0.4, 0.5) is 0 Å². The zero-order valence-corrected chi connectivity index (χ0v) is 65.3. The number of unbranched alkanes of at least 4 members (excludes halogenated alkanes) is 3. The molecule has 0 aliphatic carbocycles. The molecule has 626 valence electrons. The lowest BCUT2D eigenvalue weighted by Crippen LogP contribution is -2.63. The number of aliphatic hydroxyl groups is 2. The van der Waals surface area contributed by atoms with E-state index in [0.29, 0.717) is 53.4 Å². The van der Waals surface area contributed by atoms with Gasteiger partial charge in [-0.05, 0) is 145 Å². The van der Waals surface area contributed by atoms with Crippen molar-refractivity contribution in [1.82, 2.24) is 78.8 Å². The zero-order chi connectivity index (χ0) is 84.2. The number of carbonyl (C=O) groups excluding carboxylic acids is 12. The van der Waals surface area contributed by atoms with Crippen LogP contribution >= 0.6 is 0 Å². The molecule has 15 atom stereocenters. The summed E-state index contributed by atoms with van der Waals surface area (Å²) >= 11 is 0. The van der Waals surface area contributed by atoms with Crippen molar-refractivity contribution in [2.75, 3.05) is 26.2 Å². The summed E-state index contributed by atoms with van der Waals surface area (Å²) < 4.78 is 0. The smallest absolute Gasteiger partial charge is 0.326 e. The Morgan fingerprint density at radius 3 is 1.40 bits per heavy atom. The number of phenolic OH excluding ortho intramolecular Hbond substituents is 1. The second-order valence-corrected chi connectivity index (χ2v) is 28.9. The first kappa shape index (κ1) is 94.7. The van der Waals surface area contributed by atoms with Crippen molar-refractivity contribution >= 4 is 93.7 Å². The average molecular weight is 1590 g/mol. The SMILES string of the molecule is CC[C@H](C)[C@H](NC(=O)[C@H](Cc1ccc(O)cc1)NC(=O)[C@H](CCCCN)NC(=O)[C@@H](NC(=O)[C@@H](N)C(C)C)[C@@H](C)O)C(=O)N[C@H](C(=O)N[C@@H](CCCCN)C(=O)NCC(=O)N[C@@H](Cc1c[nH]c2ccccc12)C(=O)N[C@@H](CCCCN)C(=O)N[C@@H](CCC(=O)O)C(=O)N[C@H](C(=O)N[C@@H](Cc1cnc[nH]1)C(=O)O)C(C)C)[C@@H](C)O. The van der Waals surface area contributed by atoms with Gasteiger partial charge in [-0.2, -0.15) is 0 Å². The third-order valence-electron chi connectivity index (χ3n) is 19.0. The molecule has 38 heteroatoms. The number of imidazole rings is 1. The van der Waals surface area contributed by atoms with Gasteiger partial charge in [-0.1, -0.05) is 78.3 Å². The Hall–Kier alpha value is -10.7. The van der Waals surface area contributed by atoms with Gasteiger partial charge in [0.15, 0.2) is 0 Å². The lowest BCUT2D eigenvalue weighted by atomic mass is 9.96. The number of amides is 12. The van der Waals surface area contributed by atoms with Crippen LogP contribution < -0.4 is 86.7 Å². The molecule has 0 spiro atoms. The summed E-state index contributed by atoms with van der Waals surface area (Å²) in [4.78, 5) is 204. The molecule has 0 bridgehead atoms. The molecule has 2 heterocycles. The summed E-state index contributed by atoms with van der Waals surface area (Å²) in [6.07, 6.45) is 1.10. The lowest BCUT2D eigenvalue weighted by Gasteiger charge is -2.30. The number of nitrogens with one attached hydrogen (secondary N) is 14. The molecule has 0 saturated heterocycles. The molecular formula is C75H117N19O19. The van der Waals surface area contributed by atoms with E-state index in [0.717, 1.165) is 0 Å². The van der Waals surface area contributed by atoms with Crippen molar-refractivity contribution in [2.45, 2.75) is 236 Å². The van der Waals surface area contributed by atoms with Gasteiger partial charge >= 0.3 is 11.9 Å². The first-order chi connectivity index (χ1) is 53.5. The molecule has 2 aromatic carbocycles. The number of rotatable bonds is 52. The number of H-pyrrole nitrogens is 2. The fraction of sp³-hybridized carbons (Fsp3) is 0.587. The van der Waals surface area contributed by atoms with Crippen LogP contribution in [0.5, 0.6) is 5.75 Å². The zero-order valence-electron chi connectivity index (χ0n) is 65.3. The third-order valence-corrected chi connectivity index (χ3v) is 19.0. The first-order valence-corrected chi connectivity index (χ1v) is 38.1. The number of aromatic nitrogens is 3. The van der Waals surface area contributed by atoms with E-state index in [-0.39, 0.29) is 89.1 Å². The maximum Gasteiger partial charge on any atom is 0.326 e. The van der Waals surface area contributed by atoms with Crippen LogP contribution in [0, 0.1) is 17.8 Å². The molecular weight excluding hydrogens is 1470 g/mol. The molecule has 12 amide bonds. The monoisotopic (exact) mass is 1590 g/mol. The van der Waals surface area contributed by atoms with Crippen molar-refractivity contribution in [1.29, 1.82) is 0 Å². The summed E-state index contributed by atoms with van der Waals surface area (Å²) in [6.45, 7) is 11.9. The number of para-hydroxylation sites is 1. The van der Waals surface area contributed by atoms with Gasteiger partial charge in [-0.3, -0.25) is 62.3 Å². The molecule has 0 aliphatic rings. The number of aromatic amines is 2. The minimum absolute atomic E-state index is 0.0310. The largest absolute Gasteiger partial charge is 0.508 e. The molecule has 0 saturated carbocycles. The van der Waals surface area contributed by atoms with E-state index in [9.17, 15) is 92.7 Å². The number of benzene rings is 2. The molecule has 38 nitrogen and oxygen atoms in total. The van der Waals surface area contributed by atoms with Crippen molar-refractivity contribution in [3.05, 3.63) is 84.1 Å². The van der Waals surface area contributed by atoms with E-state index in [4.69, 9.17) is 22.9 Å². The Labute approximate surface area is 655 Å². The number of hydrogen-bond acceptors (Lipinski definition) is 22. The summed E-state index contributed by atoms with van der Waals surface area (Å²) in [7, 11) is 0. The number of aliphatic carboxylic acids is 2. The van der Waals surface area contributed by atoms with Gasteiger partial charge in [-0.25, -0.2) is 9.78 Å². The molecule has 2 aromatic heterocycles. The molecule has 27 N–H and O–H groups in total. The van der Waals surface area contributed by atoms with Crippen LogP contribution in [-0.2, 0) is 86.4 Å². The number of fused-ring (bicyclic) bond motifs is 1. The first-order valence-electron chi connectivity index (χ1n) is 38.1. The van der Waals surface area contributed by atoms with E-state index in [1.807, 2.05) is 0 Å². The van der Waals surface area contributed by atoms with Crippen molar-refractivity contribution in [2.24, 2.45) is 40.7 Å². The van der Waals surface area contributed by atoms with Gasteiger partial charge in [0.1, 0.15) is 72.2 Å². The summed E-state index contributed by atoms with van der Waals surface area (Å²) in [5, 5.41) is 82.8. The molecule has 0 unspecified atom stereocenters. The molecule has 0 aliphatic heterocycles. The fourth-order valence-electron chi connectivity index (χ4n) is 11.9. The Bertz CT molecular complexity index is 3780. The summed E-state index contributed by atoms with van der Waals surface area (Å²) in [5.74, 6) is -16.0. The van der Waals surface area contributed by atoms with Crippen LogP contribution in [0.15, 0.2) is 67.3 Å². The Balaban J connectivity index is 1.60. The fourth-order valence-corrected chi connectivity index (χ4v) is 11.9. The topological polar surface area (TPSA) is 633 Å². The predicted octanol–water partition coefficient (Wildman–Crippen LogP) is -3.14. The van der Waals surface area contributed by atoms with Crippen LogP contribution in [0.3, 0.4) is 0 Å². The highest BCUT2D eigenvalue weighted by atomic mass is 16.4. The highest BCUT2D eigenvalue weighted by Crippen LogP contribution is 2.21. The van der Waals surface area contributed by atoms with Gasteiger partial charge in [0.25, 0.3) is 0 Å². The maximum atomic E-state index is 14.8. The van der Waals surface area contributed by atoms with Gasteiger partial charge in [0.2, 0.25) is 70.9 Å². The highest BCUT2D eigenvalue weighted by molar-refractivity contribution is 6.00. The number of hydrogen-bond donors (Lipinski definition) is 23. The number of carboxylic acids is 2. The molecule has 4 rings (SSSR count). The molecule has 0 radical (unpaired) electrons. The molecule has 4 aromatic rings. The lowest BCUT2D eigenvalue weighted by molar-refractivity contribution is -0.142. The number of phenols is 1. The second kappa shape index (κ2) is 48.3. The standard InChI is InChI=1S/C75H117N19O19/c1-9-41(6)61(92-69(106)54(32-44-23-25-47(97)26-24-44)89-66(103)52(22-14-17-31-78)88-73(110)62(42(7)95)93-70(107)59(79)39(2)3)72(109)94-63(43(8)96)74(111)87-50(20-12-15-29-76)64(101)82-37-57(98)84-55(33-45-35-81-49-19-11-10-18-48(45)49)68(105)85-51(21-13-16-30-77)65(102)86-53(27-28-58(99)100)67(104)91-60(40(4)5)71(108)90-56(75(112)113)34-46-36-80-38-83-46/h10-11,18-19,23-26,35-36,38-43,50-56,59-63,81,95-97H,9,12-17,20-22,27-34,37,76-79H2,1-8H3,(H,80,83)(H,82,101)(H,84,98)(H,85,105)(H,86,102)(H,87,111)(H,88,110)(H,89,103)(H,90,108)(H,91,104)(H,92,106)(H,93,107)(H,94,109)(H,99,100)(H,112,113)/t41-,42+,43+,50-,51-,52-,53-,54-,55-,56-,59-,60-,61-,62-,63-/m0/s1. The maximum absolute atomic E-state index is 14.8. The number of carboxylic acid groups (broad SMARTS) is 2. The van der Waals surface area contributed by atoms with E-state index in [1.165, 1.54) is 50.6 Å². The van der Waals surface area contributed by atoms with Gasteiger partial charge in [0, 0.05) is 54.7 Å². The number of nitrogens with zero attached hydrogens (tertiary/aromatic N) is 1. The van der Waals surface area contributed by atoms with E-state index < -0.39 is 199 Å². The number of aromatic hydroxyl groups is 1. The van der Waals surface area contributed by atoms with Gasteiger partial charge in [-0.15, -0.1) is 0 Å².